The van der Waals surface area contributed by atoms with E-state index >= 15 is 0 Å². The summed E-state index contributed by atoms with van der Waals surface area (Å²) < 4.78 is 5.21. The zero-order valence-corrected chi connectivity index (χ0v) is 17.1. The number of aliphatic carboxylic acids is 1. The molecule has 2 aromatic rings. The Morgan fingerprint density at radius 1 is 1.07 bits per heavy atom. The summed E-state index contributed by atoms with van der Waals surface area (Å²) in [5, 5.41) is 9.58. The summed E-state index contributed by atoms with van der Waals surface area (Å²) >= 11 is 0. The molecule has 0 aromatic heterocycles. The van der Waals surface area contributed by atoms with Crippen LogP contribution in [-0.2, 0) is 32.0 Å². The fourth-order valence-corrected chi connectivity index (χ4v) is 3.94. The van der Waals surface area contributed by atoms with Gasteiger partial charge < -0.3 is 9.84 Å². The number of esters is 1. The number of rotatable bonds is 9. The second-order valence-electron chi connectivity index (χ2n) is 7.46. The lowest BCUT2D eigenvalue weighted by Crippen LogP contribution is -2.43. The summed E-state index contributed by atoms with van der Waals surface area (Å²) in [6.45, 7) is 2.05. The lowest BCUT2D eigenvalue weighted by atomic mass is 9.94. The van der Waals surface area contributed by atoms with Crippen molar-refractivity contribution in [3.8, 4) is 0 Å². The van der Waals surface area contributed by atoms with Crippen molar-refractivity contribution in [2.75, 3.05) is 11.5 Å². The molecule has 0 fully saturated rings. The first kappa shape index (κ1) is 21.6. The first-order valence-corrected chi connectivity index (χ1v) is 10.3. The van der Waals surface area contributed by atoms with Crippen molar-refractivity contribution in [1.82, 2.24) is 0 Å². The van der Waals surface area contributed by atoms with E-state index < -0.39 is 17.9 Å². The van der Waals surface area contributed by atoms with Gasteiger partial charge in [0, 0.05) is 18.5 Å². The van der Waals surface area contributed by atoms with E-state index in [1.54, 1.807) is 19.1 Å². The van der Waals surface area contributed by atoms with Crippen LogP contribution in [0.25, 0.3) is 0 Å². The molecule has 158 valence electrons. The van der Waals surface area contributed by atoms with E-state index in [4.69, 9.17) is 4.74 Å². The number of para-hydroxylation sites is 1. The molecule has 0 saturated heterocycles. The molecule has 0 radical (unpaired) electrons. The number of amides is 1. The van der Waals surface area contributed by atoms with Gasteiger partial charge in [-0.05, 0) is 43.4 Å². The second-order valence-corrected chi connectivity index (χ2v) is 7.46. The average molecular weight is 409 g/mol. The fraction of sp³-hybridized carbons (Fsp3) is 0.375. The van der Waals surface area contributed by atoms with Crippen molar-refractivity contribution in [1.29, 1.82) is 0 Å². The molecule has 1 aliphatic heterocycles. The van der Waals surface area contributed by atoms with Gasteiger partial charge in [0.1, 0.15) is 6.04 Å². The van der Waals surface area contributed by atoms with E-state index in [2.05, 4.69) is 0 Å². The number of ether oxygens (including phenoxy) is 1. The zero-order chi connectivity index (χ0) is 21.5. The minimum Gasteiger partial charge on any atom is -0.480 e. The molecule has 1 amide bonds. The largest absolute Gasteiger partial charge is 0.480 e. The molecule has 1 aliphatic rings. The first-order valence-electron chi connectivity index (χ1n) is 10.3. The summed E-state index contributed by atoms with van der Waals surface area (Å²) in [6, 6.07) is 16.2. The molecule has 0 saturated carbocycles. The fourth-order valence-electron chi connectivity index (χ4n) is 3.94. The molecule has 6 nitrogen and oxygen atoms in total. The van der Waals surface area contributed by atoms with Crippen LogP contribution < -0.4 is 4.90 Å². The van der Waals surface area contributed by atoms with E-state index in [-0.39, 0.29) is 24.9 Å². The third-order valence-corrected chi connectivity index (χ3v) is 5.48. The van der Waals surface area contributed by atoms with Crippen molar-refractivity contribution < 1.29 is 24.2 Å². The molecule has 0 spiro atoms. The van der Waals surface area contributed by atoms with Gasteiger partial charge in [0.2, 0.25) is 5.91 Å². The topological polar surface area (TPSA) is 83.9 Å². The molecular weight excluding hydrogens is 382 g/mol. The number of nitrogens with zero attached hydrogens (tertiary/aromatic N) is 1. The molecule has 2 atom stereocenters. The standard InChI is InChI=1S/C24H27NO5/c1-2-30-24(29)18(13-12-17-8-4-3-5-9-17)14-15-22(26)25-20-11-7-6-10-19(20)16-21(25)23(27)28/h3-11,18,21H,2,12-16H2,1H3,(H,27,28)/t18-,21+/m1/s1. The Morgan fingerprint density at radius 3 is 2.47 bits per heavy atom. The number of carboxylic acids is 1. The Kier molecular flexibility index (Phi) is 7.22. The summed E-state index contributed by atoms with van der Waals surface area (Å²) in [6.07, 6.45) is 2.01. The summed E-state index contributed by atoms with van der Waals surface area (Å²) in [5.41, 5.74) is 2.62. The molecule has 2 aromatic carbocycles. The molecule has 1 N–H and O–H groups in total. The number of aryl methyl sites for hydroxylation is 1. The van der Waals surface area contributed by atoms with Crippen LogP contribution in [-0.4, -0.2) is 35.6 Å². The lowest BCUT2D eigenvalue weighted by molar-refractivity contribution is -0.148. The number of fused-ring (bicyclic) bond motifs is 1. The van der Waals surface area contributed by atoms with Crippen LogP contribution in [0.1, 0.15) is 37.3 Å². The van der Waals surface area contributed by atoms with Gasteiger partial charge in [-0.2, -0.15) is 0 Å². The third kappa shape index (κ3) is 5.06. The number of carbonyl (C=O) groups excluding carboxylic acids is 2. The van der Waals surface area contributed by atoms with Crippen molar-refractivity contribution >= 4 is 23.5 Å². The van der Waals surface area contributed by atoms with Gasteiger partial charge in [-0.1, -0.05) is 48.5 Å². The van der Waals surface area contributed by atoms with Crippen LogP contribution >= 0.6 is 0 Å². The Hall–Kier alpha value is -3.15. The SMILES string of the molecule is CCOC(=O)[C@@H](CCC(=O)N1c2ccccc2C[C@H]1C(=O)O)CCc1ccccc1. The monoisotopic (exact) mass is 409 g/mol. The van der Waals surface area contributed by atoms with E-state index in [0.717, 1.165) is 11.1 Å². The zero-order valence-electron chi connectivity index (χ0n) is 17.1. The highest BCUT2D eigenvalue weighted by molar-refractivity contribution is 6.02. The van der Waals surface area contributed by atoms with Crippen LogP contribution in [0.4, 0.5) is 5.69 Å². The highest BCUT2D eigenvalue weighted by Crippen LogP contribution is 2.33. The number of carbonyl (C=O) groups is 3. The predicted molar refractivity (Wildman–Crippen MR) is 113 cm³/mol. The predicted octanol–water partition coefficient (Wildman–Crippen LogP) is 3.62. The number of hydrogen-bond acceptors (Lipinski definition) is 4. The molecule has 3 rings (SSSR count). The molecule has 30 heavy (non-hydrogen) atoms. The number of hydrogen-bond donors (Lipinski definition) is 1. The highest BCUT2D eigenvalue weighted by atomic mass is 16.5. The van der Waals surface area contributed by atoms with Crippen molar-refractivity contribution in [3.05, 3.63) is 65.7 Å². The summed E-state index contributed by atoms with van der Waals surface area (Å²) in [5.74, 6) is -2.01. The van der Waals surface area contributed by atoms with E-state index in [1.165, 1.54) is 4.90 Å². The van der Waals surface area contributed by atoms with E-state index in [9.17, 15) is 19.5 Å². The highest BCUT2D eigenvalue weighted by Gasteiger charge is 2.38. The second kappa shape index (κ2) is 10.1. The maximum Gasteiger partial charge on any atom is 0.327 e. The Labute approximate surface area is 176 Å². The van der Waals surface area contributed by atoms with Gasteiger partial charge in [-0.25, -0.2) is 4.79 Å². The number of anilines is 1. The van der Waals surface area contributed by atoms with Crippen LogP contribution in [0.2, 0.25) is 0 Å². The van der Waals surface area contributed by atoms with Crippen LogP contribution in [0, 0.1) is 5.92 Å². The van der Waals surface area contributed by atoms with E-state index in [1.807, 2.05) is 42.5 Å². The van der Waals surface area contributed by atoms with Gasteiger partial charge in [-0.3, -0.25) is 14.5 Å². The first-order chi connectivity index (χ1) is 14.5. The van der Waals surface area contributed by atoms with Crippen molar-refractivity contribution in [2.45, 2.75) is 45.1 Å². The van der Waals surface area contributed by atoms with Crippen molar-refractivity contribution in [3.63, 3.8) is 0 Å². The van der Waals surface area contributed by atoms with Gasteiger partial charge in [-0.15, -0.1) is 0 Å². The Morgan fingerprint density at radius 2 is 1.77 bits per heavy atom. The van der Waals surface area contributed by atoms with Gasteiger partial charge in [0.05, 0.1) is 12.5 Å². The smallest absolute Gasteiger partial charge is 0.327 e. The molecule has 0 unspecified atom stereocenters. The van der Waals surface area contributed by atoms with Crippen LogP contribution in [0.5, 0.6) is 0 Å². The van der Waals surface area contributed by atoms with Gasteiger partial charge >= 0.3 is 11.9 Å². The molecule has 6 heteroatoms. The quantitative estimate of drug-likeness (QED) is 0.640. The number of benzene rings is 2. The third-order valence-electron chi connectivity index (χ3n) is 5.48. The van der Waals surface area contributed by atoms with Gasteiger partial charge in [0.25, 0.3) is 0 Å². The van der Waals surface area contributed by atoms with Crippen LogP contribution in [0.15, 0.2) is 54.6 Å². The Balaban J connectivity index is 1.68. The minimum atomic E-state index is -1.02. The normalized spacial score (nSPS) is 16.0. The summed E-state index contributed by atoms with van der Waals surface area (Å²) in [7, 11) is 0. The Bertz CT molecular complexity index is 895. The molecule has 0 aliphatic carbocycles. The van der Waals surface area contributed by atoms with E-state index in [0.29, 0.717) is 31.4 Å². The molecular formula is C24H27NO5. The average Bonchev–Trinajstić information content (AvgIpc) is 3.14. The number of carboxylic acid groups (broad SMARTS) is 1. The van der Waals surface area contributed by atoms with Crippen molar-refractivity contribution in [2.24, 2.45) is 5.92 Å². The van der Waals surface area contributed by atoms with Gasteiger partial charge in [0.15, 0.2) is 0 Å². The van der Waals surface area contributed by atoms with Crippen LogP contribution in [0.3, 0.4) is 0 Å². The maximum atomic E-state index is 13.0. The molecule has 1 heterocycles. The minimum absolute atomic E-state index is 0.0936. The molecule has 0 bridgehead atoms. The lowest BCUT2D eigenvalue weighted by Gasteiger charge is -2.24. The maximum absolute atomic E-state index is 13.0. The summed E-state index contributed by atoms with van der Waals surface area (Å²) in [4.78, 5) is 38.5.